The molecular weight excluding hydrogens is 371 g/mol. The third-order valence-electron chi connectivity index (χ3n) is 4.62. The summed E-state index contributed by atoms with van der Waals surface area (Å²) in [4.78, 5) is 12.5. The minimum Gasteiger partial charge on any atom is -0.496 e. The number of carbonyl (C=O) groups is 1. The van der Waals surface area contributed by atoms with E-state index in [4.69, 9.17) is 9.47 Å². The van der Waals surface area contributed by atoms with Gasteiger partial charge in [0, 0.05) is 17.8 Å². The second-order valence-electron chi connectivity index (χ2n) is 6.45. The number of aryl methyl sites for hydroxylation is 1. The summed E-state index contributed by atoms with van der Waals surface area (Å²) in [6.07, 6.45) is 4.84. The number of methoxy groups -OCH3 is 1. The lowest BCUT2D eigenvalue weighted by Crippen LogP contribution is -2.02. The number of ketones is 1. The number of halogens is 1. The zero-order valence-corrected chi connectivity index (χ0v) is 16.7. The molecule has 0 aliphatic heterocycles. The minimum absolute atomic E-state index is 0.109. The molecule has 0 radical (unpaired) electrons. The van der Waals surface area contributed by atoms with Gasteiger partial charge in [-0.1, -0.05) is 24.3 Å². The van der Waals surface area contributed by atoms with Crippen LogP contribution in [0.15, 0.2) is 54.7 Å². The molecule has 5 nitrogen and oxygen atoms in total. The maximum Gasteiger partial charge on any atom is 0.189 e. The molecule has 150 valence electrons. The van der Waals surface area contributed by atoms with E-state index in [-0.39, 0.29) is 18.1 Å². The molecule has 0 aliphatic rings. The largest absolute Gasteiger partial charge is 0.496 e. The summed E-state index contributed by atoms with van der Waals surface area (Å²) in [5, 5.41) is 4.21. The highest BCUT2D eigenvalue weighted by Crippen LogP contribution is 2.24. The molecule has 0 saturated heterocycles. The van der Waals surface area contributed by atoms with Crippen LogP contribution in [0.3, 0.4) is 0 Å². The van der Waals surface area contributed by atoms with Gasteiger partial charge in [-0.2, -0.15) is 5.10 Å². The van der Waals surface area contributed by atoms with Gasteiger partial charge in [0.25, 0.3) is 0 Å². The maximum absolute atomic E-state index is 13.8. The molecule has 0 N–H and O–H groups in total. The lowest BCUT2D eigenvalue weighted by molar-refractivity contribution is 0.104. The Morgan fingerprint density at radius 1 is 1.21 bits per heavy atom. The van der Waals surface area contributed by atoms with Gasteiger partial charge >= 0.3 is 0 Å². The Morgan fingerprint density at radius 2 is 2.00 bits per heavy atom. The number of ether oxygens (including phenoxy) is 2. The molecule has 0 amide bonds. The van der Waals surface area contributed by atoms with Crippen LogP contribution in [0.4, 0.5) is 4.39 Å². The van der Waals surface area contributed by atoms with E-state index >= 15 is 0 Å². The van der Waals surface area contributed by atoms with E-state index in [2.05, 4.69) is 5.10 Å². The standard InChI is InChI=1S/C23H23FN2O3/c1-4-26-16(2)19(14-25-26)21(27)11-9-17-10-12-22(28-3)18(13-17)15-29-23-8-6-5-7-20(23)24/h5-14H,4,15H2,1-3H3/b11-9+. The molecule has 0 bridgehead atoms. The van der Waals surface area contributed by atoms with E-state index in [0.29, 0.717) is 17.9 Å². The predicted octanol–water partition coefficient (Wildman–Crippen LogP) is 4.83. The van der Waals surface area contributed by atoms with Gasteiger partial charge in [-0.3, -0.25) is 9.48 Å². The number of rotatable bonds is 8. The van der Waals surface area contributed by atoms with Gasteiger partial charge in [0.2, 0.25) is 0 Å². The summed E-state index contributed by atoms with van der Waals surface area (Å²) in [6, 6.07) is 11.7. The molecule has 29 heavy (non-hydrogen) atoms. The Morgan fingerprint density at radius 3 is 2.69 bits per heavy atom. The normalized spacial score (nSPS) is 11.0. The van der Waals surface area contributed by atoms with Gasteiger partial charge in [0.15, 0.2) is 17.3 Å². The van der Waals surface area contributed by atoms with E-state index in [1.165, 1.54) is 12.1 Å². The van der Waals surface area contributed by atoms with Crippen molar-refractivity contribution >= 4 is 11.9 Å². The zero-order chi connectivity index (χ0) is 20.8. The molecule has 1 aromatic heterocycles. The predicted molar refractivity (Wildman–Crippen MR) is 110 cm³/mol. The molecule has 3 rings (SSSR count). The maximum atomic E-state index is 13.8. The lowest BCUT2D eigenvalue weighted by atomic mass is 10.1. The van der Waals surface area contributed by atoms with E-state index < -0.39 is 5.82 Å². The summed E-state index contributed by atoms with van der Waals surface area (Å²) in [6.45, 7) is 4.71. The number of aromatic nitrogens is 2. The van der Waals surface area contributed by atoms with E-state index in [1.807, 2.05) is 26.0 Å². The van der Waals surface area contributed by atoms with Crippen molar-refractivity contribution in [2.75, 3.05) is 7.11 Å². The average molecular weight is 394 g/mol. The third kappa shape index (κ3) is 4.71. The molecule has 3 aromatic rings. The van der Waals surface area contributed by atoms with Gasteiger partial charge in [0.1, 0.15) is 12.4 Å². The highest BCUT2D eigenvalue weighted by atomic mass is 19.1. The van der Waals surface area contributed by atoms with Crippen molar-refractivity contribution in [2.45, 2.75) is 27.0 Å². The van der Waals surface area contributed by atoms with Crippen molar-refractivity contribution in [3.8, 4) is 11.5 Å². The number of nitrogens with zero attached hydrogens (tertiary/aromatic N) is 2. The summed E-state index contributed by atoms with van der Waals surface area (Å²) >= 11 is 0. The second-order valence-corrected chi connectivity index (χ2v) is 6.45. The first-order valence-electron chi connectivity index (χ1n) is 9.32. The Bertz CT molecular complexity index is 1040. The van der Waals surface area contributed by atoms with Crippen molar-refractivity contribution in [2.24, 2.45) is 0 Å². The second kappa shape index (κ2) is 9.19. The van der Waals surface area contributed by atoms with Crippen LogP contribution in [-0.4, -0.2) is 22.7 Å². The molecule has 6 heteroatoms. The minimum atomic E-state index is -0.420. The van der Waals surface area contributed by atoms with Crippen LogP contribution in [0.25, 0.3) is 6.08 Å². The van der Waals surface area contributed by atoms with Gasteiger partial charge in [0.05, 0.1) is 18.9 Å². The Labute approximate surface area is 169 Å². The first-order chi connectivity index (χ1) is 14.0. The zero-order valence-electron chi connectivity index (χ0n) is 16.7. The smallest absolute Gasteiger partial charge is 0.189 e. The van der Waals surface area contributed by atoms with Crippen molar-refractivity contribution in [1.82, 2.24) is 9.78 Å². The molecular formula is C23H23FN2O3. The first kappa shape index (κ1) is 20.3. The Hall–Kier alpha value is -3.41. The fourth-order valence-electron chi connectivity index (χ4n) is 3.00. The fourth-order valence-corrected chi connectivity index (χ4v) is 3.00. The monoisotopic (exact) mass is 394 g/mol. The number of carbonyl (C=O) groups excluding carboxylic acids is 1. The fraction of sp³-hybridized carbons (Fsp3) is 0.217. The summed E-state index contributed by atoms with van der Waals surface area (Å²) in [5.41, 5.74) is 2.99. The Kier molecular flexibility index (Phi) is 6.44. The topological polar surface area (TPSA) is 53.4 Å². The highest BCUT2D eigenvalue weighted by Gasteiger charge is 2.11. The Balaban J connectivity index is 1.77. The van der Waals surface area contributed by atoms with E-state index in [0.717, 1.165) is 16.8 Å². The molecule has 1 heterocycles. The molecule has 0 spiro atoms. The van der Waals surface area contributed by atoms with Gasteiger partial charge in [-0.15, -0.1) is 0 Å². The molecule has 2 aromatic carbocycles. The van der Waals surface area contributed by atoms with Crippen LogP contribution in [0.5, 0.6) is 11.5 Å². The van der Waals surface area contributed by atoms with Crippen molar-refractivity contribution < 1.29 is 18.7 Å². The first-order valence-corrected chi connectivity index (χ1v) is 9.32. The summed E-state index contributed by atoms with van der Waals surface area (Å²) in [5.74, 6) is 0.275. The van der Waals surface area contributed by atoms with Crippen molar-refractivity contribution in [1.29, 1.82) is 0 Å². The molecule has 0 atom stereocenters. The van der Waals surface area contributed by atoms with E-state index in [9.17, 15) is 9.18 Å². The molecule has 0 aliphatic carbocycles. The number of para-hydroxylation sites is 1. The summed E-state index contributed by atoms with van der Waals surface area (Å²) in [7, 11) is 1.56. The van der Waals surface area contributed by atoms with Crippen molar-refractivity contribution in [3.63, 3.8) is 0 Å². The van der Waals surface area contributed by atoms with Crippen LogP contribution >= 0.6 is 0 Å². The molecule has 0 unspecified atom stereocenters. The number of benzene rings is 2. The van der Waals surface area contributed by atoms with E-state index in [1.54, 1.807) is 48.3 Å². The van der Waals surface area contributed by atoms with Crippen LogP contribution in [-0.2, 0) is 13.2 Å². The highest BCUT2D eigenvalue weighted by molar-refractivity contribution is 6.07. The van der Waals surface area contributed by atoms with Crippen LogP contribution < -0.4 is 9.47 Å². The van der Waals surface area contributed by atoms with Crippen LogP contribution in [0.2, 0.25) is 0 Å². The van der Waals surface area contributed by atoms with Crippen molar-refractivity contribution in [3.05, 3.63) is 82.9 Å². The average Bonchev–Trinajstić information content (AvgIpc) is 3.12. The number of hydrogen-bond acceptors (Lipinski definition) is 4. The summed E-state index contributed by atoms with van der Waals surface area (Å²) < 4.78 is 26.5. The SMILES string of the molecule is CCn1ncc(C(=O)/C=C/c2ccc(OC)c(COc3ccccc3F)c2)c1C. The van der Waals surface area contributed by atoms with Gasteiger partial charge in [-0.25, -0.2) is 4.39 Å². The van der Waals surface area contributed by atoms with Gasteiger partial charge < -0.3 is 9.47 Å². The van der Waals surface area contributed by atoms with Crippen LogP contribution in [0, 0.1) is 12.7 Å². The van der Waals surface area contributed by atoms with Gasteiger partial charge in [-0.05, 0) is 49.8 Å². The third-order valence-corrected chi connectivity index (χ3v) is 4.62. The molecule has 0 fully saturated rings. The van der Waals surface area contributed by atoms with Crippen LogP contribution in [0.1, 0.15) is 34.1 Å². The lowest BCUT2D eigenvalue weighted by Gasteiger charge is -2.11. The number of allylic oxidation sites excluding steroid dienone is 1. The quantitative estimate of drug-likeness (QED) is 0.405. The number of hydrogen-bond donors (Lipinski definition) is 0. The molecule has 0 saturated carbocycles.